The topological polar surface area (TPSA) is 67.0 Å². The molecule has 0 fully saturated rings. The monoisotopic (exact) mass is 353 g/mol. The maximum atomic E-state index is 12.0. The first-order chi connectivity index (χ1) is 12.2. The van der Waals surface area contributed by atoms with E-state index in [0.717, 1.165) is 22.4 Å². The number of fused-ring (bicyclic) bond motifs is 1. The fourth-order valence-electron chi connectivity index (χ4n) is 3.09. The van der Waals surface area contributed by atoms with E-state index in [0.29, 0.717) is 23.9 Å². The van der Waals surface area contributed by atoms with Crippen molar-refractivity contribution >= 4 is 23.3 Å². The van der Waals surface area contributed by atoms with Crippen LogP contribution in [0.4, 0.5) is 5.82 Å². The SMILES string of the molecule is O=C1C[C@H](c2ccccc2OCc2ccccc2Cl)c2cn[nH]c2N1. The lowest BCUT2D eigenvalue weighted by Crippen LogP contribution is -2.23. The third-order valence-electron chi connectivity index (χ3n) is 4.33. The molecular formula is C19H16ClN3O2. The number of para-hydroxylation sites is 1. The maximum Gasteiger partial charge on any atom is 0.226 e. The van der Waals surface area contributed by atoms with E-state index in [1.165, 1.54) is 0 Å². The fraction of sp³-hybridized carbons (Fsp3) is 0.158. The summed E-state index contributed by atoms with van der Waals surface area (Å²) in [4.78, 5) is 12.0. The Kier molecular flexibility index (Phi) is 4.15. The Hall–Kier alpha value is -2.79. The minimum Gasteiger partial charge on any atom is -0.489 e. The van der Waals surface area contributed by atoms with Gasteiger partial charge in [-0.1, -0.05) is 48.0 Å². The highest BCUT2D eigenvalue weighted by Crippen LogP contribution is 2.39. The van der Waals surface area contributed by atoms with Crippen LogP contribution in [0.2, 0.25) is 5.02 Å². The first-order valence-corrected chi connectivity index (χ1v) is 8.38. The van der Waals surface area contributed by atoms with Crippen LogP contribution in [0.25, 0.3) is 0 Å². The summed E-state index contributed by atoms with van der Waals surface area (Å²) in [6, 6.07) is 15.4. The normalized spacial score (nSPS) is 16.2. The second-order valence-corrected chi connectivity index (χ2v) is 6.33. The van der Waals surface area contributed by atoms with E-state index >= 15 is 0 Å². The molecule has 6 heteroatoms. The van der Waals surface area contributed by atoms with E-state index in [9.17, 15) is 4.79 Å². The first kappa shape index (κ1) is 15.7. The van der Waals surface area contributed by atoms with Crippen LogP contribution in [-0.4, -0.2) is 16.1 Å². The molecule has 0 unspecified atom stereocenters. The number of benzene rings is 2. The van der Waals surface area contributed by atoms with E-state index in [1.54, 1.807) is 6.20 Å². The summed E-state index contributed by atoms with van der Waals surface area (Å²) < 4.78 is 6.04. The van der Waals surface area contributed by atoms with E-state index in [-0.39, 0.29) is 11.8 Å². The molecule has 1 amide bonds. The number of hydrogen-bond acceptors (Lipinski definition) is 3. The molecule has 1 aliphatic rings. The summed E-state index contributed by atoms with van der Waals surface area (Å²) in [6.45, 7) is 0.369. The summed E-state index contributed by atoms with van der Waals surface area (Å²) in [5.41, 5.74) is 2.85. The molecule has 3 aromatic rings. The van der Waals surface area contributed by atoms with Gasteiger partial charge >= 0.3 is 0 Å². The lowest BCUT2D eigenvalue weighted by Gasteiger charge is -2.24. The van der Waals surface area contributed by atoms with Crippen molar-refractivity contribution < 1.29 is 9.53 Å². The number of halogens is 1. The molecule has 0 bridgehead atoms. The number of rotatable bonds is 4. The van der Waals surface area contributed by atoms with Gasteiger partial charge in [-0.2, -0.15) is 5.10 Å². The van der Waals surface area contributed by atoms with Gasteiger partial charge in [0.1, 0.15) is 18.2 Å². The number of nitrogens with one attached hydrogen (secondary N) is 2. The quantitative estimate of drug-likeness (QED) is 0.741. The van der Waals surface area contributed by atoms with Crippen LogP contribution in [0.3, 0.4) is 0 Å². The van der Waals surface area contributed by atoms with Gasteiger partial charge < -0.3 is 10.1 Å². The minimum atomic E-state index is -0.0926. The molecular weight excluding hydrogens is 338 g/mol. The Labute approximate surface area is 150 Å². The third kappa shape index (κ3) is 3.10. The molecule has 126 valence electrons. The molecule has 25 heavy (non-hydrogen) atoms. The minimum absolute atomic E-state index is 0.0392. The van der Waals surface area contributed by atoms with Crippen molar-refractivity contribution in [3.63, 3.8) is 0 Å². The van der Waals surface area contributed by atoms with Gasteiger partial charge in [0, 0.05) is 34.1 Å². The predicted molar refractivity (Wildman–Crippen MR) is 95.9 cm³/mol. The summed E-state index contributed by atoms with van der Waals surface area (Å²) in [5, 5.41) is 10.4. The smallest absolute Gasteiger partial charge is 0.226 e. The summed E-state index contributed by atoms with van der Waals surface area (Å²) in [5.74, 6) is 1.27. The van der Waals surface area contributed by atoms with E-state index in [1.807, 2.05) is 48.5 Å². The van der Waals surface area contributed by atoms with Crippen LogP contribution in [0.1, 0.15) is 29.0 Å². The Morgan fingerprint density at radius 3 is 2.80 bits per heavy atom. The molecule has 1 aromatic heterocycles. The molecule has 4 rings (SSSR count). The average Bonchev–Trinajstić information content (AvgIpc) is 3.09. The van der Waals surface area contributed by atoms with Crippen molar-refractivity contribution in [2.75, 3.05) is 5.32 Å². The number of ether oxygens (including phenoxy) is 1. The van der Waals surface area contributed by atoms with Crippen LogP contribution >= 0.6 is 11.6 Å². The molecule has 2 heterocycles. The Morgan fingerprint density at radius 1 is 1.12 bits per heavy atom. The van der Waals surface area contributed by atoms with Crippen molar-refractivity contribution in [3.8, 4) is 5.75 Å². The lowest BCUT2D eigenvalue weighted by atomic mass is 9.87. The number of anilines is 1. The lowest BCUT2D eigenvalue weighted by molar-refractivity contribution is -0.116. The molecule has 2 N–H and O–H groups in total. The standard InChI is InChI=1S/C19H16ClN3O2/c20-16-7-3-1-5-12(16)11-25-17-8-4-2-6-13(17)14-9-18(24)22-19-15(14)10-21-23-19/h1-8,10,14H,9,11H2,(H2,21,22,23,24)/t14-/m1/s1. The summed E-state index contributed by atoms with van der Waals surface area (Å²) in [7, 11) is 0. The van der Waals surface area contributed by atoms with Crippen LogP contribution in [0, 0.1) is 0 Å². The second-order valence-electron chi connectivity index (χ2n) is 5.92. The number of nitrogens with zero attached hydrogens (tertiary/aromatic N) is 1. The second kappa shape index (κ2) is 6.61. The van der Waals surface area contributed by atoms with Crippen LogP contribution in [0.5, 0.6) is 5.75 Å². The third-order valence-corrected chi connectivity index (χ3v) is 4.70. The van der Waals surface area contributed by atoms with Gasteiger partial charge in [-0.05, 0) is 12.1 Å². The zero-order valence-corrected chi connectivity index (χ0v) is 14.1. The molecule has 0 saturated heterocycles. The van der Waals surface area contributed by atoms with Crippen molar-refractivity contribution in [3.05, 3.63) is 76.4 Å². The van der Waals surface area contributed by atoms with Crippen molar-refractivity contribution in [2.45, 2.75) is 18.9 Å². The highest BCUT2D eigenvalue weighted by atomic mass is 35.5. The molecule has 1 aliphatic heterocycles. The molecule has 2 aromatic carbocycles. The number of carbonyl (C=O) groups is 1. The number of aromatic amines is 1. The van der Waals surface area contributed by atoms with Gasteiger partial charge in [0.25, 0.3) is 0 Å². The van der Waals surface area contributed by atoms with Crippen LogP contribution < -0.4 is 10.1 Å². The van der Waals surface area contributed by atoms with Gasteiger partial charge in [-0.25, -0.2) is 0 Å². The van der Waals surface area contributed by atoms with Gasteiger partial charge in [0.05, 0.1) is 6.20 Å². The van der Waals surface area contributed by atoms with Gasteiger partial charge in [-0.15, -0.1) is 0 Å². The highest BCUT2D eigenvalue weighted by molar-refractivity contribution is 6.31. The highest BCUT2D eigenvalue weighted by Gasteiger charge is 2.29. The predicted octanol–water partition coefficient (Wildman–Crippen LogP) is 4.12. The van der Waals surface area contributed by atoms with Gasteiger partial charge in [0.15, 0.2) is 0 Å². The van der Waals surface area contributed by atoms with Crippen LogP contribution in [0.15, 0.2) is 54.7 Å². The van der Waals surface area contributed by atoms with Crippen molar-refractivity contribution in [1.82, 2.24) is 10.2 Å². The van der Waals surface area contributed by atoms with E-state index in [4.69, 9.17) is 16.3 Å². The zero-order chi connectivity index (χ0) is 17.2. The average molecular weight is 354 g/mol. The van der Waals surface area contributed by atoms with Crippen molar-refractivity contribution in [1.29, 1.82) is 0 Å². The maximum absolute atomic E-state index is 12.0. The molecule has 0 aliphatic carbocycles. The van der Waals surface area contributed by atoms with E-state index < -0.39 is 0 Å². The molecule has 1 atom stereocenters. The van der Waals surface area contributed by atoms with E-state index in [2.05, 4.69) is 15.5 Å². The summed E-state index contributed by atoms with van der Waals surface area (Å²) >= 11 is 6.21. The van der Waals surface area contributed by atoms with Crippen LogP contribution in [-0.2, 0) is 11.4 Å². The molecule has 0 saturated carbocycles. The largest absolute Gasteiger partial charge is 0.489 e. The number of carbonyl (C=O) groups excluding carboxylic acids is 1. The fourth-order valence-corrected chi connectivity index (χ4v) is 3.28. The molecule has 0 radical (unpaired) electrons. The summed E-state index contributed by atoms with van der Waals surface area (Å²) in [6.07, 6.45) is 2.11. The van der Waals surface area contributed by atoms with Gasteiger partial charge in [0.2, 0.25) is 5.91 Å². The molecule has 5 nitrogen and oxygen atoms in total. The Bertz CT molecular complexity index is 922. The first-order valence-electron chi connectivity index (χ1n) is 8.00. The Morgan fingerprint density at radius 2 is 1.92 bits per heavy atom. The number of H-pyrrole nitrogens is 1. The van der Waals surface area contributed by atoms with Crippen molar-refractivity contribution in [2.24, 2.45) is 0 Å². The van der Waals surface area contributed by atoms with Gasteiger partial charge in [-0.3, -0.25) is 9.89 Å². The zero-order valence-electron chi connectivity index (χ0n) is 13.3. The molecule has 0 spiro atoms. The Balaban J connectivity index is 1.64. The number of amides is 1. The number of aromatic nitrogens is 2. The number of hydrogen-bond donors (Lipinski definition) is 2.